The maximum atomic E-state index is 11.1. The molecule has 0 bridgehead atoms. The van der Waals surface area contributed by atoms with Gasteiger partial charge >= 0.3 is 5.97 Å². The number of carboxylic acid groups (broad SMARTS) is 1. The average molecular weight is 289 g/mol. The summed E-state index contributed by atoms with van der Waals surface area (Å²) in [4.78, 5) is 15.8. The number of methoxy groups -OCH3 is 1. The van der Waals surface area contributed by atoms with Gasteiger partial charge in [0, 0.05) is 25.6 Å². The highest BCUT2D eigenvalue weighted by Gasteiger charge is 2.24. The monoisotopic (exact) mass is 289 g/mol. The van der Waals surface area contributed by atoms with E-state index in [1.165, 1.54) is 0 Å². The minimum atomic E-state index is -0.774. The minimum Gasteiger partial charge on any atom is -0.497 e. The van der Waals surface area contributed by atoms with Gasteiger partial charge in [-0.25, -0.2) is 9.66 Å². The third-order valence-corrected chi connectivity index (χ3v) is 3.91. The van der Waals surface area contributed by atoms with E-state index in [1.807, 2.05) is 18.2 Å². The molecule has 1 aromatic heterocycles. The minimum absolute atomic E-state index is 0.418. The summed E-state index contributed by atoms with van der Waals surface area (Å²) in [6.07, 6.45) is 1.90. The molecule has 2 heterocycles. The molecule has 1 aromatic carbocycles. The molecule has 1 atom stereocenters. The summed E-state index contributed by atoms with van der Waals surface area (Å²) in [7, 11) is 1.64. The Kier molecular flexibility index (Phi) is 3.45. The summed E-state index contributed by atoms with van der Waals surface area (Å²) in [6, 6.07) is 5.79. The molecule has 112 valence electrons. The first-order chi connectivity index (χ1) is 10.1. The molecule has 1 N–H and O–H groups in total. The van der Waals surface area contributed by atoms with E-state index in [2.05, 4.69) is 14.7 Å². The smallest absolute Gasteiger partial charge is 0.308 e. The first-order valence-corrected chi connectivity index (χ1v) is 7.13. The van der Waals surface area contributed by atoms with E-state index in [0.717, 1.165) is 42.0 Å². The van der Waals surface area contributed by atoms with Crippen LogP contribution in [0, 0.1) is 5.92 Å². The standard InChI is InChI=1S/C15H19N3O3/c1-10(15(19)20)9-17-7-3-4-14-16-12-6-5-11(21-2)8-13(12)18(14)17/h5-6,8,10H,3-4,7,9H2,1-2H3,(H,19,20). The van der Waals surface area contributed by atoms with Crippen molar-refractivity contribution in [1.82, 2.24) is 9.66 Å². The van der Waals surface area contributed by atoms with Gasteiger partial charge in [-0.05, 0) is 18.6 Å². The lowest BCUT2D eigenvalue weighted by atomic mass is 10.1. The van der Waals surface area contributed by atoms with Gasteiger partial charge in [-0.1, -0.05) is 6.92 Å². The molecule has 0 radical (unpaired) electrons. The number of hydrogen-bond donors (Lipinski definition) is 1. The Hall–Kier alpha value is -2.24. The number of ether oxygens (including phenoxy) is 1. The molecule has 6 nitrogen and oxygen atoms in total. The van der Waals surface area contributed by atoms with Crippen LogP contribution in [0.4, 0.5) is 0 Å². The Balaban J connectivity index is 2.04. The second kappa shape index (κ2) is 5.27. The quantitative estimate of drug-likeness (QED) is 0.927. The van der Waals surface area contributed by atoms with Gasteiger partial charge in [0.25, 0.3) is 0 Å². The number of aliphatic carboxylic acids is 1. The van der Waals surface area contributed by atoms with Crippen molar-refractivity contribution >= 4 is 17.0 Å². The Morgan fingerprint density at radius 2 is 2.33 bits per heavy atom. The van der Waals surface area contributed by atoms with Crippen LogP contribution in [0.3, 0.4) is 0 Å². The summed E-state index contributed by atoms with van der Waals surface area (Å²) in [6.45, 7) is 3.05. The first kappa shape index (κ1) is 13.7. The molecule has 1 aliphatic heterocycles. The maximum absolute atomic E-state index is 11.1. The summed E-state index contributed by atoms with van der Waals surface area (Å²) in [5.74, 6) is 0.576. The normalized spacial score (nSPS) is 15.8. The van der Waals surface area contributed by atoms with Gasteiger partial charge in [-0.3, -0.25) is 4.79 Å². The zero-order valence-corrected chi connectivity index (χ0v) is 12.2. The first-order valence-electron chi connectivity index (χ1n) is 7.13. The third kappa shape index (κ3) is 2.41. The third-order valence-electron chi connectivity index (χ3n) is 3.91. The van der Waals surface area contributed by atoms with Gasteiger partial charge in [0.1, 0.15) is 11.6 Å². The molecule has 1 aliphatic rings. The fourth-order valence-corrected chi connectivity index (χ4v) is 2.78. The number of aryl methyl sites for hydroxylation is 1. The summed E-state index contributed by atoms with van der Waals surface area (Å²) < 4.78 is 7.34. The highest BCUT2D eigenvalue weighted by atomic mass is 16.5. The zero-order chi connectivity index (χ0) is 15.0. The molecule has 3 rings (SSSR count). The Labute approximate surface area is 122 Å². The fourth-order valence-electron chi connectivity index (χ4n) is 2.78. The van der Waals surface area contributed by atoms with Gasteiger partial charge in [-0.15, -0.1) is 0 Å². The number of hydrogen-bond acceptors (Lipinski definition) is 4. The van der Waals surface area contributed by atoms with Crippen molar-refractivity contribution in [3.63, 3.8) is 0 Å². The maximum Gasteiger partial charge on any atom is 0.308 e. The summed E-state index contributed by atoms with van der Waals surface area (Å²) in [5.41, 5.74) is 1.89. The lowest BCUT2D eigenvalue weighted by molar-refractivity contribution is -0.140. The van der Waals surface area contributed by atoms with E-state index in [9.17, 15) is 4.79 Å². The van der Waals surface area contributed by atoms with Gasteiger partial charge < -0.3 is 14.9 Å². The summed E-state index contributed by atoms with van der Waals surface area (Å²) >= 11 is 0. The SMILES string of the molecule is COc1ccc2nc3n(c2c1)N(CC(C)C(=O)O)CCC3. The number of carboxylic acids is 1. The number of rotatable bonds is 4. The van der Waals surface area contributed by atoms with E-state index < -0.39 is 11.9 Å². The van der Waals surface area contributed by atoms with Gasteiger partial charge in [0.15, 0.2) is 0 Å². The topological polar surface area (TPSA) is 67.6 Å². The highest BCUT2D eigenvalue weighted by Crippen LogP contribution is 2.25. The number of benzene rings is 1. The van der Waals surface area contributed by atoms with E-state index in [1.54, 1.807) is 14.0 Å². The van der Waals surface area contributed by atoms with Crippen LogP contribution in [-0.2, 0) is 11.2 Å². The number of nitrogens with zero attached hydrogens (tertiary/aromatic N) is 3. The molecule has 0 fully saturated rings. The lowest BCUT2D eigenvalue weighted by Crippen LogP contribution is -2.44. The van der Waals surface area contributed by atoms with Crippen molar-refractivity contribution in [3.05, 3.63) is 24.0 Å². The van der Waals surface area contributed by atoms with E-state index in [4.69, 9.17) is 9.84 Å². The average Bonchev–Trinajstić information content (AvgIpc) is 2.85. The second-order valence-electron chi connectivity index (χ2n) is 5.45. The van der Waals surface area contributed by atoms with Crippen LogP contribution in [0.15, 0.2) is 18.2 Å². The number of carbonyl (C=O) groups is 1. The van der Waals surface area contributed by atoms with Crippen molar-refractivity contribution in [2.24, 2.45) is 5.92 Å². The zero-order valence-electron chi connectivity index (χ0n) is 12.2. The summed E-state index contributed by atoms with van der Waals surface area (Å²) in [5, 5.41) is 11.2. The molecule has 6 heteroatoms. The molecule has 2 aromatic rings. The van der Waals surface area contributed by atoms with Crippen molar-refractivity contribution in [2.45, 2.75) is 19.8 Å². The van der Waals surface area contributed by atoms with Crippen LogP contribution in [-0.4, -0.2) is 40.9 Å². The van der Waals surface area contributed by atoms with E-state index in [0.29, 0.717) is 6.54 Å². The molecule has 0 saturated carbocycles. The largest absolute Gasteiger partial charge is 0.497 e. The van der Waals surface area contributed by atoms with Crippen LogP contribution < -0.4 is 9.75 Å². The molecule has 0 amide bonds. The van der Waals surface area contributed by atoms with Crippen LogP contribution in [0.2, 0.25) is 0 Å². The van der Waals surface area contributed by atoms with Crippen molar-refractivity contribution < 1.29 is 14.6 Å². The van der Waals surface area contributed by atoms with Gasteiger partial charge in [0.05, 0.1) is 24.1 Å². The van der Waals surface area contributed by atoms with Gasteiger partial charge in [0.2, 0.25) is 0 Å². The predicted octanol–water partition coefficient (Wildman–Crippen LogP) is 1.65. The van der Waals surface area contributed by atoms with Crippen LogP contribution in [0.25, 0.3) is 11.0 Å². The van der Waals surface area contributed by atoms with Crippen LogP contribution in [0.5, 0.6) is 5.75 Å². The Morgan fingerprint density at radius 1 is 1.52 bits per heavy atom. The van der Waals surface area contributed by atoms with E-state index in [-0.39, 0.29) is 0 Å². The van der Waals surface area contributed by atoms with Crippen molar-refractivity contribution in [1.29, 1.82) is 0 Å². The van der Waals surface area contributed by atoms with Crippen LogP contribution >= 0.6 is 0 Å². The van der Waals surface area contributed by atoms with Gasteiger partial charge in [-0.2, -0.15) is 0 Å². The molecule has 0 spiro atoms. The molecular weight excluding hydrogens is 270 g/mol. The van der Waals surface area contributed by atoms with Crippen molar-refractivity contribution in [3.8, 4) is 5.75 Å². The number of fused-ring (bicyclic) bond motifs is 3. The second-order valence-corrected chi connectivity index (χ2v) is 5.45. The molecule has 21 heavy (non-hydrogen) atoms. The van der Waals surface area contributed by atoms with Crippen molar-refractivity contribution in [2.75, 3.05) is 25.2 Å². The number of aromatic nitrogens is 2. The molecule has 1 unspecified atom stereocenters. The predicted molar refractivity (Wildman–Crippen MR) is 79.4 cm³/mol. The van der Waals surface area contributed by atoms with E-state index >= 15 is 0 Å². The molecular formula is C15H19N3O3. The Morgan fingerprint density at radius 3 is 3.05 bits per heavy atom. The fraction of sp³-hybridized carbons (Fsp3) is 0.467. The molecule has 0 saturated heterocycles. The van der Waals surface area contributed by atoms with Crippen LogP contribution in [0.1, 0.15) is 19.2 Å². The lowest BCUT2D eigenvalue weighted by Gasteiger charge is -2.32. The highest BCUT2D eigenvalue weighted by molar-refractivity contribution is 5.78. The Bertz CT molecular complexity index is 680. The number of imidazole rings is 1. The molecule has 0 aliphatic carbocycles.